The highest BCUT2D eigenvalue weighted by molar-refractivity contribution is 14.1. The second-order valence-electron chi connectivity index (χ2n) is 29.0. The average Bonchev–Trinajstić information content (AvgIpc) is 1.60. The van der Waals surface area contributed by atoms with Crippen molar-refractivity contribution < 1.29 is 30.2 Å². The number of nitrogens with zero attached hydrogens (tertiary/aromatic N) is 12. The zero-order valence-corrected chi connectivity index (χ0v) is 106. The summed E-state index contributed by atoms with van der Waals surface area (Å²) in [6.07, 6.45) is 17.8. The van der Waals surface area contributed by atoms with Gasteiger partial charge in [-0.2, -0.15) is 0 Å². The van der Waals surface area contributed by atoms with Crippen LogP contribution < -0.4 is 21.3 Å². The van der Waals surface area contributed by atoms with E-state index in [1.54, 1.807) is 207 Å². The van der Waals surface area contributed by atoms with Crippen molar-refractivity contribution in [2.24, 2.45) is 9.98 Å². The Hall–Kier alpha value is -2.63. The number of amides is 6. The summed E-state index contributed by atoms with van der Waals surface area (Å²) in [5.74, 6) is 4.31. The summed E-state index contributed by atoms with van der Waals surface area (Å²) in [6.45, 7) is 11.6. The smallest absolute Gasteiger partial charge is 0.255 e. The van der Waals surface area contributed by atoms with Crippen LogP contribution in [0.25, 0.3) is 10.0 Å². The molecule has 0 radical (unpaired) electrons. The summed E-state index contributed by atoms with van der Waals surface area (Å²) in [5, 5.41) is 32.6. The van der Waals surface area contributed by atoms with Crippen LogP contribution in [0.15, 0.2) is 132 Å². The zero-order valence-electron chi connectivity index (χ0n) is 73.2. The number of unbranched alkanes of at least 4 members (excludes halogenated alkanes) is 2. The molecular weight excluding hydrogens is 2650 g/mol. The summed E-state index contributed by atoms with van der Waals surface area (Å²) < 4.78 is 5.54. The van der Waals surface area contributed by atoms with Crippen LogP contribution in [0.5, 0.6) is 0 Å². The Morgan fingerprint density at radius 2 is 0.859 bits per heavy atom. The number of rotatable bonds is 19. The van der Waals surface area contributed by atoms with Gasteiger partial charge >= 0.3 is 0 Å². The second kappa shape index (κ2) is 65.0. The number of anilines is 2. The Labute approximate surface area is 960 Å². The molecule has 10 aromatic rings. The molecule has 2 fully saturated rings. The van der Waals surface area contributed by atoms with Crippen LogP contribution in [0.4, 0.5) is 11.4 Å². The number of aliphatic imine (C=N–C) groups is 2. The lowest BCUT2D eigenvalue weighted by molar-refractivity contribution is -0.138. The molecule has 61 heteroatoms. The number of piperidine rings is 2. The van der Waals surface area contributed by atoms with Gasteiger partial charge < -0.3 is 20.4 Å². The third-order valence-corrected chi connectivity index (χ3v) is 87.4. The molecule has 0 aliphatic carbocycles. The Morgan fingerprint density at radius 1 is 0.472 bits per heavy atom. The van der Waals surface area contributed by atoms with Gasteiger partial charge in [0.25, 0.3) is 11.8 Å². The first-order valence-electron chi connectivity index (χ1n) is 40.9. The van der Waals surface area contributed by atoms with Crippen molar-refractivity contribution in [3.8, 4) is 22.3 Å². The SMILES string of the molecule is C.C#Cc1ccc(CCCCNc2cccc3c2CN(C2CCC(=O)NC2=O)C3=O)cn1.Cc1c(CCc2ccc(CCCCNc3cccc4c3CN(C3CCC(=O)NC3=O)C4=O)cn2)sc2c1C(c1ccc(Cl)cc1)=NCc1nnc(C)n1-2.Cc1c(I)sc2c1C(c1ccc(Cl)cc1)=NCc1nnc(C)n1-2.S=S=S=S=S=S=S=S=S.S=S=S=S=S=S=S=S=S=S=S=S=S=S=S=S=S=S=S=S=S=S=S=S=S.[HH]. The van der Waals surface area contributed by atoms with E-state index in [-0.39, 0.29) is 45.3 Å². The quantitative estimate of drug-likeness (QED) is 0.0254. The predicted octanol–water partition coefficient (Wildman–Crippen LogP) is 13.9. The molecule has 22 nitrogen and oxygen atoms in total. The molecule has 6 aliphatic rings. The first-order valence-corrected chi connectivity index (χ1v) is 87.1. The van der Waals surface area contributed by atoms with Crippen molar-refractivity contribution in [3.05, 3.63) is 241 Å². The molecular formula is C81H81Cl2IN16O6S36. The lowest BCUT2D eigenvalue weighted by Crippen LogP contribution is -2.52. The van der Waals surface area contributed by atoms with Gasteiger partial charge in [-0.3, -0.25) is 63.5 Å². The Morgan fingerprint density at radius 3 is 1.23 bits per heavy atom. The maximum Gasteiger partial charge on any atom is 0.255 e. The lowest BCUT2D eigenvalue weighted by atomic mass is 9.98. The van der Waals surface area contributed by atoms with Gasteiger partial charge in [0.2, 0.25) is 23.6 Å². The fourth-order valence-corrected chi connectivity index (χ4v) is 89.6. The number of halogens is 3. The molecule has 6 aliphatic heterocycles. The molecule has 4 N–H and O–H groups in total. The van der Waals surface area contributed by atoms with E-state index in [1.165, 1.54) is 65.5 Å². The van der Waals surface area contributed by atoms with Crippen LogP contribution in [0, 0.1) is 42.9 Å². The van der Waals surface area contributed by atoms with Gasteiger partial charge in [0, 0.05) is 441 Å². The van der Waals surface area contributed by atoms with Crippen molar-refractivity contribution in [2.75, 3.05) is 23.7 Å². The van der Waals surface area contributed by atoms with E-state index in [0.29, 0.717) is 60.9 Å². The minimum absolute atomic E-state index is 0. The van der Waals surface area contributed by atoms with E-state index in [1.807, 2.05) is 179 Å². The fraction of sp³-hybridized carbons (Fsp3) is 0.309. The molecule has 2 unspecified atom stereocenters. The monoisotopic (exact) mass is 2720 g/mol. The highest BCUT2D eigenvalue weighted by Gasteiger charge is 2.42. The summed E-state index contributed by atoms with van der Waals surface area (Å²) in [7, 11) is 50.9. The average molecular weight is 2730 g/mol. The number of benzene rings is 4. The van der Waals surface area contributed by atoms with E-state index >= 15 is 0 Å². The number of imide groups is 2. The van der Waals surface area contributed by atoms with Gasteiger partial charge in [0.05, 0.1) is 14.3 Å². The number of pyridine rings is 2. The van der Waals surface area contributed by atoms with Crippen LogP contribution in [-0.2, 0) is 382 Å². The molecule has 6 aromatic heterocycles. The minimum atomic E-state index is -0.618. The number of carbonyl (C=O) groups is 6. The van der Waals surface area contributed by atoms with Crippen LogP contribution >= 0.6 is 68.5 Å². The first-order chi connectivity index (χ1) is 68.7. The molecule has 142 heavy (non-hydrogen) atoms. The summed E-state index contributed by atoms with van der Waals surface area (Å²) in [6, 6.07) is 34.0. The van der Waals surface area contributed by atoms with E-state index < -0.39 is 23.9 Å². The normalized spacial score (nSPS) is 14.0. The number of aromatic nitrogens is 8. The topological polar surface area (TPSA) is 269 Å². The maximum absolute atomic E-state index is 13.1. The molecule has 758 valence electrons. The Bertz CT molecular complexity index is 8020. The van der Waals surface area contributed by atoms with E-state index in [9.17, 15) is 28.8 Å². The van der Waals surface area contributed by atoms with E-state index in [0.717, 1.165) is 165 Å². The molecule has 0 saturated carbocycles. The Balaban J connectivity index is 0.000000200. The molecule has 6 amide bonds. The van der Waals surface area contributed by atoms with Crippen molar-refractivity contribution in [3.63, 3.8) is 0 Å². The van der Waals surface area contributed by atoms with Crippen molar-refractivity contribution in [1.82, 2.24) is 59.9 Å². The number of nitrogens with one attached hydrogen (secondary N) is 4. The number of carbonyl (C=O) groups excluding carboxylic acids is 6. The standard InChI is InChI=1S/C40H39ClN8O3S.C24H24N4O3.C16H12ClIN4S.CH4.S25.S9.H2/c1-23-33(53-40-36(23)37(26-10-12-27(41)13-11-26)44-21-34-47-46-24(2)49(34)40)17-15-28-14-9-25(20-43-28)6-3-4-19-42-31-8-5-7-29-30(31)22-48(39(29)52)32-16-18-35(50)45-38(32)51;1-2-17-10-9-16(14-26-17)6-3-4-13-25-20-8-5-7-18-19(20)15-28(24(18)31)21-11-12-22(29)27-23(21)30;1-8-13-14(10-3-5-11(17)6-4-10)19-7-12-21-20-9(2)22(12)16(13)23-15(8)18;;1-3-5-7-9-11-13-15-17-19-21-23-25-24-22-20-18-16-14-12-10-8-6-4-2;1-3-5-7-9-8-6-4-2;/h5,7-14,20,32,42H,3-4,6,15-19,21-22H2,1-2H3,(H,45,50,51);1,5,7-10,14,21,25H,3-4,6,11-13,15H2,(H,27,29,30);3-6H,7H2,1-2H3;1H4;;;1H. The molecule has 12 heterocycles. The molecule has 2 saturated heterocycles. The molecule has 0 spiro atoms. The van der Waals surface area contributed by atoms with Gasteiger partial charge in [-0.15, -0.1) is 49.5 Å². The molecule has 0 bridgehead atoms. The van der Waals surface area contributed by atoms with Crippen molar-refractivity contribution >= 4 is 438 Å². The number of hydrogen-bond donors (Lipinski definition) is 4. The summed E-state index contributed by atoms with van der Waals surface area (Å²) >= 11 is 37.0. The van der Waals surface area contributed by atoms with Crippen LogP contribution in [0.1, 0.15) is 176 Å². The number of terminal acetylenes is 1. The summed E-state index contributed by atoms with van der Waals surface area (Å²) in [4.78, 5) is 97.1. The predicted molar refractivity (Wildman–Crippen MR) is 683 cm³/mol. The van der Waals surface area contributed by atoms with Crippen LogP contribution in [-0.4, -0.2) is 121 Å². The van der Waals surface area contributed by atoms with Crippen molar-refractivity contribution in [1.29, 1.82) is 0 Å². The number of aryl methyl sites for hydroxylation is 6. The summed E-state index contributed by atoms with van der Waals surface area (Å²) in [5.41, 5.74) is 17.8. The number of fused-ring (bicyclic) bond motifs is 8. The first kappa shape index (κ1) is 120. The maximum atomic E-state index is 13.1. The highest BCUT2D eigenvalue weighted by atomic mass is 127. The number of thiophene rings is 2. The van der Waals surface area contributed by atoms with Gasteiger partial charge in [-0.05, 0) is 197 Å². The second-order valence-corrected chi connectivity index (χ2v) is 86.8. The van der Waals surface area contributed by atoms with Crippen LogP contribution in [0.2, 0.25) is 10.0 Å². The third-order valence-electron chi connectivity index (χ3n) is 20.8. The largest absolute Gasteiger partial charge is 0.385 e. The lowest BCUT2D eigenvalue weighted by Gasteiger charge is -2.29. The van der Waals surface area contributed by atoms with E-state index in [2.05, 4.69) is 133 Å². The zero-order chi connectivity index (χ0) is 99.8. The van der Waals surface area contributed by atoms with Crippen LogP contribution in [0.3, 0.4) is 0 Å². The van der Waals surface area contributed by atoms with Gasteiger partial charge in [-0.1, -0.05) is 85.1 Å². The van der Waals surface area contributed by atoms with Gasteiger partial charge in [0.1, 0.15) is 52.5 Å². The van der Waals surface area contributed by atoms with Gasteiger partial charge in [0.15, 0.2) is 11.6 Å². The molecule has 16 rings (SSSR count). The van der Waals surface area contributed by atoms with E-state index in [4.69, 9.17) is 67.0 Å². The molecule has 4 aromatic carbocycles. The fourth-order valence-electron chi connectivity index (χ4n) is 14.6. The Kier molecular flexibility index (Phi) is 54.8. The third kappa shape index (κ3) is 36.0. The van der Waals surface area contributed by atoms with Gasteiger partial charge in [-0.25, -0.2) is 4.98 Å². The molecule has 2 atom stereocenters. The van der Waals surface area contributed by atoms with Crippen molar-refractivity contribution in [2.45, 2.75) is 150 Å². The minimum Gasteiger partial charge on any atom is -0.385 e. The number of hydrogen-bond acceptors (Lipinski definition) is 22. The highest BCUT2D eigenvalue weighted by Crippen LogP contribution is 2.41.